The van der Waals surface area contributed by atoms with Crippen molar-refractivity contribution in [2.75, 3.05) is 6.54 Å². The highest BCUT2D eigenvalue weighted by Gasteiger charge is 2.40. The van der Waals surface area contributed by atoms with Gasteiger partial charge in [0.15, 0.2) is 0 Å². The van der Waals surface area contributed by atoms with Gasteiger partial charge in [-0.1, -0.05) is 26.2 Å². The van der Waals surface area contributed by atoms with Crippen LogP contribution in [0.5, 0.6) is 0 Å². The molecule has 0 bridgehead atoms. The minimum atomic E-state index is -0.260. The first-order valence-corrected chi connectivity index (χ1v) is 7.67. The Hall–Kier alpha value is -0.570. The highest BCUT2D eigenvalue weighted by molar-refractivity contribution is 5.83. The first-order valence-electron chi connectivity index (χ1n) is 7.67. The standard InChI is InChI=1S/C15H28N2O/c1-12-7-9-15(11-16,10-8-12)14(18)17-13-5-3-2-4-6-13/h12-13H,2-11,16H2,1H3,(H,17,18). The maximum absolute atomic E-state index is 12.5. The maximum atomic E-state index is 12.5. The molecule has 0 atom stereocenters. The van der Waals surface area contributed by atoms with Gasteiger partial charge in [0.1, 0.15) is 0 Å². The molecule has 3 nitrogen and oxygen atoms in total. The Morgan fingerprint density at radius 1 is 1.17 bits per heavy atom. The van der Waals surface area contributed by atoms with E-state index in [1.807, 2.05) is 0 Å². The van der Waals surface area contributed by atoms with Crippen LogP contribution >= 0.6 is 0 Å². The number of hydrogen-bond donors (Lipinski definition) is 2. The Bertz CT molecular complexity index is 276. The number of rotatable bonds is 3. The number of nitrogens with two attached hydrogens (primary N) is 1. The molecule has 0 aliphatic heterocycles. The van der Waals surface area contributed by atoms with Crippen molar-refractivity contribution in [3.63, 3.8) is 0 Å². The van der Waals surface area contributed by atoms with E-state index < -0.39 is 0 Å². The molecule has 104 valence electrons. The zero-order valence-corrected chi connectivity index (χ0v) is 11.7. The van der Waals surface area contributed by atoms with Gasteiger partial charge in [-0.05, 0) is 44.4 Å². The van der Waals surface area contributed by atoms with Crippen molar-refractivity contribution in [2.45, 2.75) is 70.8 Å². The summed E-state index contributed by atoms with van der Waals surface area (Å²) in [6.07, 6.45) is 10.4. The molecule has 3 heteroatoms. The summed E-state index contributed by atoms with van der Waals surface area (Å²) in [5.74, 6) is 0.996. The van der Waals surface area contributed by atoms with Crippen LogP contribution in [0.4, 0.5) is 0 Å². The molecule has 3 N–H and O–H groups in total. The van der Waals surface area contributed by atoms with Gasteiger partial charge in [0.2, 0.25) is 5.91 Å². The fraction of sp³-hybridized carbons (Fsp3) is 0.933. The zero-order chi connectivity index (χ0) is 13.0. The lowest BCUT2D eigenvalue weighted by atomic mass is 9.70. The Morgan fingerprint density at radius 2 is 1.78 bits per heavy atom. The normalized spacial score (nSPS) is 34.2. The smallest absolute Gasteiger partial charge is 0.227 e. The van der Waals surface area contributed by atoms with Gasteiger partial charge in [0.05, 0.1) is 5.41 Å². The van der Waals surface area contributed by atoms with Crippen LogP contribution < -0.4 is 11.1 Å². The van der Waals surface area contributed by atoms with Crippen LogP contribution in [0.2, 0.25) is 0 Å². The van der Waals surface area contributed by atoms with E-state index in [9.17, 15) is 4.79 Å². The summed E-state index contributed by atoms with van der Waals surface area (Å²) >= 11 is 0. The second-order valence-corrected chi connectivity index (χ2v) is 6.48. The van der Waals surface area contributed by atoms with E-state index in [0.717, 1.165) is 44.4 Å². The molecule has 2 aliphatic carbocycles. The third-order valence-electron chi connectivity index (χ3n) is 5.04. The predicted molar refractivity (Wildman–Crippen MR) is 74.1 cm³/mol. The van der Waals surface area contributed by atoms with Crippen LogP contribution in [0, 0.1) is 11.3 Å². The summed E-state index contributed by atoms with van der Waals surface area (Å²) in [5.41, 5.74) is 5.67. The van der Waals surface area contributed by atoms with Gasteiger partial charge >= 0.3 is 0 Å². The molecule has 0 aromatic rings. The Labute approximate surface area is 111 Å². The molecule has 2 saturated carbocycles. The summed E-state index contributed by atoms with van der Waals surface area (Å²) in [7, 11) is 0. The average molecular weight is 252 g/mol. The number of carbonyl (C=O) groups is 1. The van der Waals surface area contributed by atoms with Crippen LogP contribution in [0.1, 0.15) is 64.7 Å². The van der Waals surface area contributed by atoms with Crippen molar-refractivity contribution < 1.29 is 4.79 Å². The van der Waals surface area contributed by atoms with E-state index in [2.05, 4.69) is 12.2 Å². The molecule has 18 heavy (non-hydrogen) atoms. The molecule has 2 fully saturated rings. The molecule has 1 amide bonds. The number of hydrogen-bond acceptors (Lipinski definition) is 2. The summed E-state index contributed by atoms with van der Waals surface area (Å²) in [6, 6.07) is 0.411. The number of nitrogens with one attached hydrogen (secondary N) is 1. The first-order chi connectivity index (χ1) is 8.66. The Morgan fingerprint density at radius 3 is 2.33 bits per heavy atom. The lowest BCUT2D eigenvalue weighted by molar-refractivity contribution is -0.133. The van der Waals surface area contributed by atoms with E-state index in [4.69, 9.17) is 5.73 Å². The Kier molecular flexibility index (Phi) is 4.66. The van der Waals surface area contributed by atoms with Crippen molar-refractivity contribution >= 4 is 5.91 Å². The second kappa shape index (κ2) is 6.05. The molecule has 0 aromatic heterocycles. The van der Waals surface area contributed by atoms with Crippen molar-refractivity contribution in [1.29, 1.82) is 0 Å². The molecule has 0 unspecified atom stereocenters. The van der Waals surface area contributed by atoms with E-state index in [-0.39, 0.29) is 11.3 Å². The minimum absolute atomic E-state index is 0.240. The third-order valence-corrected chi connectivity index (χ3v) is 5.04. The molecule has 2 rings (SSSR count). The van der Waals surface area contributed by atoms with Gasteiger partial charge in [-0.25, -0.2) is 0 Å². The molecular weight excluding hydrogens is 224 g/mol. The molecular formula is C15H28N2O. The SMILES string of the molecule is CC1CCC(CN)(C(=O)NC2CCCCC2)CC1. The van der Waals surface area contributed by atoms with Gasteiger partial charge in [0, 0.05) is 12.6 Å². The fourth-order valence-corrected chi connectivity index (χ4v) is 3.42. The molecule has 0 spiro atoms. The van der Waals surface area contributed by atoms with Crippen LogP contribution in [0.15, 0.2) is 0 Å². The van der Waals surface area contributed by atoms with E-state index in [1.165, 1.54) is 19.3 Å². The molecule has 0 radical (unpaired) electrons. The topological polar surface area (TPSA) is 55.1 Å². The van der Waals surface area contributed by atoms with Crippen LogP contribution in [0.25, 0.3) is 0 Å². The average Bonchev–Trinajstić information content (AvgIpc) is 2.41. The summed E-state index contributed by atoms with van der Waals surface area (Å²) < 4.78 is 0. The van der Waals surface area contributed by atoms with Gasteiger partial charge in [-0.2, -0.15) is 0 Å². The quantitative estimate of drug-likeness (QED) is 0.811. The molecule has 0 heterocycles. The fourth-order valence-electron chi connectivity index (χ4n) is 3.42. The maximum Gasteiger partial charge on any atom is 0.227 e. The van der Waals surface area contributed by atoms with Crippen molar-refractivity contribution in [2.24, 2.45) is 17.1 Å². The minimum Gasteiger partial charge on any atom is -0.353 e. The number of amides is 1. The highest BCUT2D eigenvalue weighted by atomic mass is 16.2. The summed E-state index contributed by atoms with van der Waals surface area (Å²) in [5, 5.41) is 3.28. The zero-order valence-electron chi connectivity index (χ0n) is 11.7. The highest BCUT2D eigenvalue weighted by Crippen LogP contribution is 2.38. The summed E-state index contributed by atoms with van der Waals surface area (Å²) in [6.45, 7) is 2.79. The van der Waals surface area contributed by atoms with Gasteiger partial charge in [-0.15, -0.1) is 0 Å². The van der Waals surface area contributed by atoms with E-state index >= 15 is 0 Å². The van der Waals surface area contributed by atoms with Crippen molar-refractivity contribution in [1.82, 2.24) is 5.32 Å². The van der Waals surface area contributed by atoms with Crippen molar-refractivity contribution in [3.8, 4) is 0 Å². The van der Waals surface area contributed by atoms with Gasteiger partial charge in [0.25, 0.3) is 0 Å². The first kappa shape index (κ1) is 13.9. The predicted octanol–water partition coefficient (Wildman–Crippen LogP) is 2.59. The van der Waals surface area contributed by atoms with Gasteiger partial charge in [-0.3, -0.25) is 4.79 Å². The molecule has 0 aromatic carbocycles. The van der Waals surface area contributed by atoms with Gasteiger partial charge < -0.3 is 11.1 Å². The van der Waals surface area contributed by atoms with E-state index in [1.54, 1.807) is 0 Å². The number of carbonyl (C=O) groups excluding carboxylic acids is 1. The van der Waals surface area contributed by atoms with Crippen LogP contribution in [-0.4, -0.2) is 18.5 Å². The third kappa shape index (κ3) is 3.05. The Balaban J connectivity index is 1.92. The molecule has 0 saturated heterocycles. The van der Waals surface area contributed by atoms with Crippen molar-refractivity contribution in [3.05, 3.63) is 0 Å². The monoisotopic (exact) mass is 252 g/mol. The summed E-state index contributed by atoms with van der Waals surface area (Å²) in [4.78, 5) is 12.5. The van der Waals surface area contributed by atoms with Crippen LogP contribution in [-0.2, 0) is 4.79 Å². The molecule has 2 aliphatic rings. The van der Waals surface area contributed by atoms with Crippen LogP contribution in [0.3, 0.4) is 0 Å². The lowest BCUT2D eigenvalue weighted by Crippen LogP contribution is -2.51. The second-order valence-electron chi connectivity index (χ2n) is 6.48. The lowest BCUT2D eigenvalue weighted by Gasteiger charge is -2.38. The van der Waals surface area contributed by atoms with E-state index in [0.29, 0.717) is 12.6 Å². The largest absolute Gasteiger partial charge is 0.353 e.